The molecular formula is C4H5FNP. The van der Waals surface area contributed by atoms with E-state index in [4.69, 9.17) is 0 Å². The Labute approximate surface area is 43.5 Å². The summed E-state index contributed by atoms with van der Waals surface area (Å²) in [6.07, 6.45) is 1.51. The molecule has 0 saturated heterocycles. The molecule has 0 amide bonds. The molecule has 1 rings (SSSR count). The molecule has 0 bridgehead atoms. The van der Waals surface area contributed by atoms with Crippen LogP contribution >= 0.6 is 9.24 Å². The van der Waals surface area contributed by atoms with Gasteiger partial charge in [-0.1, -0.05) is 0 Å². The van der Waals surface area contributed by atoms with E-state index in [1.165, 1.54) is 6.21 Å². The Morgan fingerprint density at radius 2 is 2.57 bits per heavy atom. The van der Waals surface area contributed by atoms with E-state index in [-0.39, 0.29) is 12.4 Å². The molecule has 1 nitrogen and oxygen atoms in total. The van der Waals surface area contributed by atoms with Crippen molar-refractivity contribution in [3.05, 3.63) is 11.1 Å². The first-order valence-corrected chi connectivity index (χ1v) is 2.52. The van der Waals surface area contributed by atoms with Crippen molar-refractivity contribution >= 4 is 15.5 Å². The lowest BCUT2D eigenvalue weighted by atomic mass is 10.5. The van der Waals surface area contributed by atoms with Gasteiger partial charge in [-0.3, -0.25) is 4.99 Å². The summed E-state index contributed by atoms with van der Waals surface area (Å²) >= 11 is 0. The fourth-order valence-electron chi connectivity index (χ4n) is 0.385. The molecule has 0 radical (unpaired) electrons. The molecule has 1 aliphatic heterocycles. The lowest BCUT2D eigenvalue weighted by Crippen LogP contribution is -1.71. The molecule has 1 unspecified atom stereocenters. The summed E-state index contributed by atoms with van der Waals surface area (Å²) in [6, 6.07) is 0. The zero-order valence-corrected chi connectivity index (χ0v) is 4.84. The number of rotatable bonds is 0. The van der Waals surface area contributed by atoms with Gasteiger partial charge in [0.05, 0.1) is 6.54 Å². The molecule has 1 atom stereocenters. The van der Waals surface area contributed by atoms with Gasteiger partial charge in [0.2, 0.25) is 0 Å². The molecular weight excluding hydrogens is 112 g/mol. The third kappa shape index (κ3) is 0.859. The van der Waals surface area contributed by atoms with Crippen LogP contribution in [0.4, 0.5) is 4.39 Å². The smallest absolute Gasteiger partial charge is 0.130 e. The molecule has 0 aliphatic carbocycles. The highest BCUT2D eigenvalue weighted by Gasteiger charge is 2.02. The van der Waals surface area contributed by atoms with Crippen LogP contribution in [0.3, 0.4) is 0 Å². The molecule has 1 aliphatic rings. The van der Waals surface area contributed by atoms with E-state index in [2.05, 4.69) is 14.2 Å². The summed E-state index contributed by atoms with van der Waals surface area (Å²) < 4.78 is 12.1. The lowest BCUT2D eigenvalue weighted by Gasteiger charge is -1.80. The van der Waals surface area contributed by atoms with Crippen LogP contribution in [-0.4, -0.2) is 12.8 Å². The Balaban J connectivity index is 2.79. The quantitative estimate of drug-likeness (QED) is 0.421. The Morgan fingerprint density at radius 1 is 1.86 bits per heavy atom. The Bertz CT molecular complexity index is 139. The van der Waals surface area contributed by atoms with E-state index in [9.17, 15) is 4.39 Å². The third-order valence-corrected chi connectivity index (χ3v) is 1.24. The highest BCUT2D eigenvalue weighted by atomic mass is 31.0. The first-order valence-electron chi connectivity index (χ1n) is 1.94. The van der Waals surface area contributed by atoms with Crippen LogP contribution < -0.4 is 0 Å². The number of nitrogens with zero attached hydrogens (tertiary/aromatic N) is 1. The third-order valence-electron chi connectivity index (χ3n) is 0.774. The van der Waals surface area contributed by atoms with Crippen LogP contribution in [0.5, 0.6) is 0 Å². The van der Waals surface area contributed by atoms with Crippen molar-refractivity contribution in [1.29, 1.82) is 0 Å². The van der Waals surface area contributed by atoms with Crippen molar-refractivity contribution in [2.24, 2.45) is 4.99 Å². The lowest BCUT2D eigenvalue weighted by molar-refractivity contribution is 0.625. The maximum absolute atomic E-state index is 12.1. The summed E-state index contributed by atoms with van der Waals surface area (Å²) in [5, 5.41) is 0.583. The minimum absolute atomic E-state index is 0.134. The molecule has 0 aromatic rings. The van der Waals surface area contributed by atoms with E-state index in [1.807, 2.05) is 0 Å². The summed E-state index contributed by atoms with van der Waals surface area (Å²) in [7, 11) is 2.27. The number of allylic oxidation sites excluding steroid dienone is 1. The van der Waals surface area contributed by atoms with Crippen molar-refractivity contribution in [2.75, 3.05) is 6.54 Å². The molecule has 0 N–H and O–H groups in total. The second-order valence-corrected chi connectivity index (χ2v) is 1.95. The van der Waals surface area contributed by atoms with Crippen LogP contribution in [0.1, 0.15) is 0 Å². The van der Waals surface area contributed by atoms with Gasteiger partial charge in [0.15, 0.2) is 0 Å². The topological polar surface area (TPSA) is 12.4 Å². The molecule has 0 aromatic carbocycles. The maximum atomic E-state index is 12.1. The van der Waals surface area contributed by atoms with Gasteiger partial charge < -0.3 is 0 Å². The largest absolute Gasteiger partial charge is 0.285 e. The van der Waals surface area contributed by atoms with Crippen molar-refractivity contribution in [1.82, 2.24) is 0 Å². The number of hydrogen-bond acceptors (Lipinski definition) is 1. The molecule has 0 aromatic heterocycles. The van der Waals surface area contributed by atoms with Gasteiger partial charge in [0.1, 0.15) is 5.83 Å². The van der Waals surface area contributed by atoms with Crippen LogP contribution in [0.15, 0.2) is 16.1 Å². The second kappa shape index (κ2) is 1.71. The Morgan fingerprint density at radius 3 is 2.71 bits per heavy atom. The fourth-order valence-corrected chi connectivity index (χ4v) is 0.582. The van der Waals surface area contributed by atoms with E-state index < -0.39 is 0 Å². The van der Waals surface area contributed by atoms with E-state index in [1.54, 1.807) is 0 Å². The van der Waals surface area contributed by atoms with E-state index >= 15 is 0 Å². The van der Waals surface area contributed by atoms with Crippen LogP contribution in [0.2, 0.25) is 0 Å². The highest BCUT2D eigenvalue weighted by Crippen LogP contribution is 2.15. The monoisotopic (exact) mass is 117 g/mol. The summed E-state index contributed by atoms with van der Waals surface area (Å²) in [5.41, 5.74) is 0. The number of halogens is 1. The summed E-state index contributed by atoms with van der Waals surface area (Å²) in [6.45, 7) is 0.235. The van der Waals surface area contributed by atoms with Crippen molar-refractivity contribution in [3.63, 3.8) is 0 Å². The van der Waals surface area contributed by atoms with Crippen LogP contribution in [-0.2, 0) is 0 Å². The van der Waals surface area contributed by atoms with Gasteiger partial charge in [-0.25, -0.2) is 4.39 Å². The molecule has 0 spiro atoms. The fraction of sp³-hybridized carbons (Fsp3) is 0.250. The molecule has 38 valence electrons. The van der Waals surface area contributed by atoms with Crippen LogP contribution in [0.25, 0.3) is 0 Å². The minimum Gasteiger partial charge on any atom is -0.285 e. The second-order valence-electron chi connectivity index (χ2n) is 1.33. The predicted octanol–water partition coefficient (Wildman–Crippen LogP) is 1.13. The number of aliphatic imine (C=N–C) groups is 1. The summed E-state index contributed by atoms with van der Waals surface area (Å²) in [4.78, 5) is 3.65. The molecule has 3 heteroatoms. The first kappa shape index (κ1) is 4.92. The normalized spacial score (nSPS) is 19.1. The molecule has 1 heterocycles. The molecule has 0 saturated carbocycles. The van der Waals surface area contributed by atoms with E-state index in [0.29, 0.717) is 5.31 Å². The van der Waals surface area contributed by atoms with Crippen molar-refractivity contribution in [2.45, 2.75) is 0 Å². The zero-order chi connectivity index (χ0) is 5.28. The SMILES string of the molecule is FC1=C(P)C=NC1. The standard InChI is InChI=1S/C4H5FNP/c5-3-1-6-2-4(3)7/h2H,1,7H2. The van der Waals surface area contributed by atoms with Crippen LogP contribution in [0, 0.1) is 0 Å². The maximum Gasteiger partial charge on any atom is 0.130 e. The molecule has 0 fully saturated rings. The first-order chi connectivity index (χ1) is 3.30. The minimum atomic E-state index is -0.134. The Kier molecular flexibility index (Phi) is 1.20. The predicted molar refractivity (Wildman–Crippen MR) is 31.2 cm³/mol. The van der Waals surface area contributed by atoms with Gasteiger partial charge in [0.25, 0.3) is 0 Å². The zero-order valence-electron chi connectivity index (χ0n) is 3.69. The Hall–Kier alpha value is -0.230. The average Bonchev–Trinajstić information content (AvgIpc) is 1.91. The average molecular weight is 117 g/mol. The van der Waals surface area contributed by atoms with Crippen molar-refractivity contribution < 1.29 is 4.39 Å². The number of hydrogen-bond donors (Lipinski definition) is 0. The van der Waals surface area contributed by atoms with Gasteiger partial charge in [-0.05, 0) is 0 Å². The van der Waals surface area contributed by atoms with Gasteiger partial charge in [-0.2, -0.15) is 0 Å². The highest BCUT2D eigenvalue weighted by molar-refractivity contribution is 7.24. The summed E-state index contributed by atoms with van der Waals surface area (Å²) in [5.74, 6) is -0.134. The van der Waals surface area contributed by atoms with Gasteiger partial charge in [0, 0.05) is 11.5 Å². The van der Waals surface area contributed by atoms with Gasteiger partial charge >= 0.3 is 0 Å². The van der Waals surface area contributed by atoms with Gasteiger partial charge in [-0.15, -0.1) is 9.24 Å². The molecule has 7 heavy (non-hydrogen) atoms. The van der Waals surface area contributed by atoms with Crippen molar-refractivity contribution in [3.8, 4) is 0 Å². The van der Waals surface area contributed by atoms with E-state index in [0.717, 1.165) is 0 Å².